The lowest BCUT2D eigenvalue weighted by atomic mass is 9.92. The van der Waals surface area contributed by atoms with Crippen LogP contribution in [0.25, 0.3) is 0 Å². The molecule has 1 atom stereocenters. The summed E-state index contributed by atoms with van der Waals surface area (Å²) in [6.07, 6.45) is 3.74. The molecule has 1 N–H and O–H groups in total. The van der Waals surface area contributed by atoms with Crippen LogP contribution < -0.4 is 5.32 Å². The van der Waals surface area contributed by atoms with E-state index in [9.17, 15) is 0 Å². The van der Waals surface area contributed by atoms with Gasteiger partial charge in [-0.1, -0.05) is 41.4 Å². The maximum atomic E-state index is 6.16. The molecule has 16 heavy (non-hydrogen) atoms. The molecule has 0 bridgehead atoms. The molecule has 3 heteroatoms. The quantitative estimate of drug-likeness (QED) is 0.802. The summed E-state index contributed by atoms with van der Waals surface area (Å²) in [6, 6.07) is 6.50. The summed E-state index contributed by atoms with van der Waals surface area (Å²) >= 11 is 9.63. The van der Waals surface area contributed by atoms with Gasteiger partial charge >= 0.3 is 0 Å². The third-order valence-corrected chi connectivity index (χ3v) is 4.08. The number of anilines is 1. The number of rotatable bonds is 2. The van der Waals surface area contributed by atoms with Gasteiger partial charge in [0.05, 0.1) is 10.7 Å². The molecule has 1 aromatic rings. The minimum absolute atomic E-state index is 0.468. The standard InChI is InChI=1S/C13H17BrClN/c1-13(2)6-5-10(8-13)16-12-7-9(14)3-4-11(12)15/h3-4,7,10,16H,5-6,8H2,1-2H3. The van der Waals surface area contributed by atoms with E-state index < -0.39 is 0 Å². The van der Waals surface area contributed by atoms with Crippen molar-refractivity contribution in [3.63, 3.8) is 0 Å². The van der Waals surface area contributed by atoms with Gasteiger partial charge in [-0.3, -0.25) is 0 Å². The first-order valence-electron chi connectivity index (χ1n) is 5.68. The average Bonchev–Trinajstić information content (AvgIpc) is 2.52. The lowest BCUT2D eigenvalue weighted by molar-refractivity contribution is 0.378. The van der Waals surface area contributed by atoms with Gasteiger partial charge in [0.1, 0.15) is 0 Å². The van der Waals surface area contributed by atoms with Crippen LogP contribution in [-0.4, -0.2) is 6.04 Å². The van der Waals surface area contributed by atoms with E-state index in [-0.39, 0.29) is 0 Å². The van der Waals surface area contributed by atoms with Crippen molar-refractivity contribution >= 4 is 33.2 Å². The SMILES string of the molecule is CC1(C)CCC(Nc2cc(Br)ccc2Cl)C1. The maximum absolute atomic E-state index is 6.16. The smallest absolute Gasteiger partial charge is 0.0638 e. The van der Waals surface area contributed by atoms with Crippen molar-refractivity contribution in [2.45, 2.75) is 39.2 Å². The Balaban J connectivity index is 2.07. The monoisotopic (exact) mass is 301 g/mol. The van der Waals surface area contributed by atoms with Gasteiger partial charge in [-0.2, -0.15) is 0 Å². The van der Waals surface area contributed by atoms with E-state index in [4.69, 9.17) is 11.6 Å². The number of halogens is 2. The highest BCUT2D eigenvalue weighted by molar-refractivity contribution is 9.10. The third kappa shape index (κ3) is 2.92. The molecule has 0 heterocycles. The Kier molecular flexibility index (Phi) is 3.50. The fourth-order valence-electron chi connectivity index (χ4n) is 2.39. The molecule has 1 aliphatic carbocycles. The van der Waals surface area contributed by atoms with Crippen molar-refractivity contribution in [2.75, 3.05) is 5.32 Å². The topological polar surface area (TPSA) is 12.0 Å². The molecule has 1 aromatic carbocycles. The summed E-state index contributed by atoms with van der Waals surface area (Å²) in [5.74, 6) is 0. The summed E-state index contributed by atoms with van der Waals surface area (Å²) < 4.78 is 1.07. The molecular weight excluding hydrogens is 286 g/mol. The molecule has 2 rings (SSSR count). The zero-order chi connectivity index (χ0) is 11.8. The van der Waals surface area contributed by atoms with Gasteiger partial charge in [-0.05, 0) is 42.9 Å². The molecule has 1 unspecified atom stereocenters. The van der Waals surface area contributed by atoms with Gasteiger partial charge < -0.3 is 5.32 Å². The van der Waals surface area contributed by atoms with Gasteiger partial charge in [0.25, 0.3) is 0 Å². The van der Waals surface area contributed by atoms with Crippen LogP contribution in [0.3, 0.4) is 0 Å². The molecule has 0 saturated heterocycles. The van der Waals surface area contributed by atoms with Gasteiger partial charge in [-0.15, -0.1) is 0 Å². The van der Waals surface area contributed by atoms with Crippen LogP contribution in [0.15, 0.2) is 22.7 Å². The van der Waals surface area contributed by atoms with E-state index in [0.717, 1.165) is 15.2 Å². The highest BCUT2D eigenvalue weighted by Crippen LogP contribution is 2.39. The Morgan fingerprint density at radius 3 is 2.81 bits per heavy atom. The summed E-state index contributed by atoms with van der Waals surface area (Å²) in [5.41, 5.74) is 1.51. The molecule has 1 fully saturated rings. The Hall–Kier alpha value is -0.210. The van der Waals surface area contributed by atoms with E-state index in [2.05, 4.69) is 35.1 Å². The van der Waals surface area contributed by atoms with Gasteiger partial charge in [0, 0.05) is 10.5 Å². The molecule has 1 aliphatic rings. The Morgan fingerprint density at radius 2 is 2.19 bits per heavy atom. The van der Waals surface area contributed by atoms with E-state index >= 15 is 0 Å². The second-order valence-corrected chi connectivity index (χ2v) is 6.70. The van der Waals surface area contributed by atoms with Crippen molar-refractivity contribution in [2.24, 2.45) is 5.41 Å². The highest BCUT2D eigenvalue weighted by atomic mass is 79.9. The van der Waals surface area contributed by atoms with Gasteiger partial charge in [0.15, 0.2) is 0 Å². The van der Waals surface area contributed by atoms with E-state index in [0.29, 0.717) is 11.5 Å². The van der Waals surface area contributed by atoms with Gasteiger partial charge in [0.2, 0.25) is 0 Å². The van der Waals surface area contributed by atoms with E-state index in [1.807, 2.05) is 18.2 Å². The Labute approximate surface area is 111 Å². The summed E-state index contributed by atoms with van der Waals surface area (Å²) in [4.78, 5) is 0. The highest BCUT2D eigenvalue weighted by Gasteiger charge is 2.30. The number of hydrogen-bond acceptors (Lipinski definition) is 1. The summed E-state index contributed by atoms with van der Waals surface area (Å²) in [5, 5.41) is 4.34. The van der Waals surface area contributed by atoms with E-state index in [1.54, 1.807) is 0 Å². The summed E-state index contributed by atoms with van der Waals surface area (Å²) in [7, 11) is 0. The van der Waals surface area contributed by atoms with Crippen molar-refractivity contribution in [3.05, 3.63) is 27.7 Å². The first-order chi connectivity index (χ1) is 7.46. The fourth-order valence-corrected chi connectivity index (χ4v) is 2.92. The number of nitrogens with one attached hydrogen (secondary N) is 1. The van der Waals surface area contributed by atoms with Crippen LogP contribution in [0.1, 0.15) is 33.1 Å². The van der Waals surface area contributed by atoms with Crippen LogP contribution in [0.4, 0.5) is 5.69 Å². The molecule has 0 radical (unpaired) electrons. The van der Waals surface area contributed by atoms with Crippen molar-refractivity contribution < 1.29 is 0 Å². The first-order valence-corrected chi connectivity index (χ1v) is 6.85. The first kappa shape index (κ1) is 12.3. The maximum Gasteiger partial charge on any atom is 0.0638 e. The lowest BCUT2D eigenvalue weighted by Crippen LogP contribution is -2.17. The van der Waals surface area contributed by atoms with Crippen LogP contribution in [-0.2, 0) is 0 Å². The predicted molar refractivity (Wildman–Crippen MR) is 74.2 cm³/mol. The molecule has 0 spiro atoms. The Bertz CT molecular complexity index is 390. The van der Waals surface area contributed by atoms with Crippen molar-refractivity contribution in [1.82, 2.24) is 0 Å². The average molecular weight is 303 g/mol. The number of benzene rings is 1. The van der Waals surface area contributed by atoms with E-state index in [1.165, 1.54) is 19.3 Å². The lowest BCUT2D eigenvalue weighted by Gasteiger charge is -2.19. The van der Waals surface area contributed by atoms with Crippen molar-refractivity contribution in [1.29, 1.82) is 0 Å². The normalized spacial score (nSPS) is 23.4. The predicted octanol–water partition coefficient (Wildman–Crippen LogP) is 5.09. The number of hydrogen-bond donors (Lipinski definition) is 1. The molecule has 1 saturated carbocycles. The largest absolute Gasteiger partial charge is 0.381 e. The van der Waals surface area contributed by atoms with Crippen LogP contribution in [0.2, 0.25) is 5.02 Å². The fraction of sp³-hybridized carbons (Fsp3) is 0.538. The minimum Gasteiger partial charge on any atom is -0.381 e. The summed E-state index contributed by atoms with van der Waals surface area (Å²) in [6.45, 7) is 4.66. The van der Waals surface area contributed by atoms with Crippen LogP contribution in [0, 0.1) is 5.41 Å². The molecule has 0 aromatic heterocycles. The van der Waals surface area contributed by atoms with Gasteiger partial charge in [-0.25, -0.2) is 0 Å². The molecule has 1 nitrogen and oxygen atoms in total. The molecular formula is C13H17BrClN. The Morgan fingerprint density at radius 1 is 1.44 bits per heavy atom. The molecule has 0 amide bonds. The van der Waals surface area contributed by atoms with Crippen LogP contribution in [0.5, 0.6) is 0 Å². The molecule has 88 valence electrons. The van der Waals surface area contributed by atoms with Crippen molar-refractivity contribution in [3.8, 4) is 0 Å². The zero-order valence-electron chi connectivity index (χ0n) is 9.69. The third-order valence-electron chi connectivity index (χ3n) is 3.26. The molecule has 0 aliphatic heterocycles. The van der Waals surface area contributed by atoms with Crippen LogP contribution >= 0.6 is 27.5 Å². The zero-order valence-corrected chi connectivity index (χ0v) is 12.0. The minimum atomic E-state index is 0.468. The second kappa shape index (κ2) is 4.58. The second-order valence-electron chi connectivity index (χ2n) is 5.37.